The summed E-state index contributed by atoms with van der Waals surface area (Å²) >= 11 is 0. The van der Waals surface area contributed by atoms with Gasteiger partial charge in [0.05, 0.1) is 15.8 Å². The van der Waals surface area contributed by atoms with Crippen molar-refractivity contribution in [1.82, 2.24) is 9.66 Å². The third-order valence-electron chi connectivity index (χ3n) is 4.37. The quantitative estimate of drug-likeness (QED) is 0.427. The van der Waals surface area contributed by atoms with E-state index in [0.717, 1.165) is 4.68 Å². The molecule has 0 aliphatic heterocycles. The number of carbonyl (C=O) groups is 1. The van der Waals surface area contributed by atoms with E-state index in [4.69, 9.17) is 0 Å². The van der Waals surface area contributed by atoms with Crippen LogP contribution >= 0.6 is 0 Å². The summed E-state index contributed by atoms with van der Waals surface area (Å²) in [7, 11) is 0. The van der Waals surface area contributed by atoms with Crippen LogP contribution in [-0.2, 0) is 0 Å². The largest absolute Gasteiger partial charge is 0.282 e. The monoisotopic (exact) mass is 386 g/mol. The zero-order chi connectivity index (χ0) is 20.4. The first-order valence-electron chi connectivity index (χ1n) is 8.68. The molecular weight excluding hydrogens is 372 g/mol. The van der Waals surface area contributed by atoms with Crippen molar-refractivity contribution in [2.24, 2.45) is 0 Å². The maximum Gasteiger partial charge on any atom is 0.282 e. The number of hydrogen-bond donors (Lipinski definition) is 1. The second-order valence-electron chi connectivity index (χ2n) is 6.17. The van der Waals surface area contributed by atoms with Gasteiger partial charge in [-0.3, -0.25) is 25.1 Å². The summed E-state index contributed by atoms with van der Waals surface area (Å²) in [6, 6.07) is 21.2. The van der Waals surface area contributed by atoms with E-state index in [1.807, 2.05) is 6.07 Å². The van der Waals surface area contributed by atoms with Crippen molar-refractivity contribution >= 4 is 22.5 Å². The number of nitro groups is 1. The molecule has 4 aromatic rings. The highest BCUT2D eigenvalue weighted by atomic mass is 16.6. The molecule has 0 bridgehead atoms. The van der Waals surface area contributed by atoms with Gasteiger partial charge in [-0.15, -0.1) is 0 Å². The van der Waals surface area contributed by atoms with Crippen LogP contribution in [0.25, 0.3) is 22.3 Å². The van der Waals surface area contributed by atoms with Gasteiger partial charge in [0.2, 0.25) is 0 Å². The smallest absolute Gasteiger partial charge is 0.267 e. The molecule has 0 spiro atoms. The van der Waals surface area contributed by atoms with Crippen molar-refractivity contribution in [2.45, 2.75) is 0 Å². The topological polar surface area (TPSA) is 107 Å². The zero-order valence-electron chi connectivity index (χ0n) is 15.0. The Bertz CT molecular complexity index is 1300. The Labute approximate surface area is 164 Å². The highest BCUT2D eigenvalue weighted by Crippen LogP contribution is 2.20. The summed E-state index contributed by atoms with van der Waals surface area (Å²) in [5.41, 5.74) is 2.57. The van der Waals surface area contributed by atoms with Gasteiger partial charge in [-0.25, -0.2) is 4.98 Å². The molecule has 29 heavy (non-hydrogen) atoms. The van der Waals surface area contributed by atoms with E-state index < -0.39 is 16.4 Å². The minimum absolute atomic E-state index is 0.156. The van der Waals surface area contributed by atoms with Crippen molar-refractivity contribution in [1.29, 1.82) is 0 Å². The maximum atomic E-state index is 13.1. The molecule has 142 valence electrons. The highest BCUT2D eigenvalue weighted by Gasteiger charge is 2.21. The Morgan fingerprint density at radius 3 is 2.34 bits per heavy atom. The van der Waals surface area contributed by atoms with Gasteiger partial charge in [0.15, 0.2) is 5.82 Å². The third-order valence-corrected chi connectivity index (χ3v) is 4.37. The number of carbonyl (C=O) groups excluding carboxylic acids is 1. The molecule has 1 heterocycles. The third kappa shape index (κ3) is 3.34. The summed E-state index contributed by atoms with van der Waals surface area (Å²) in [4.78, 5) is 41.0. The molecule has 8 nitrogen and oxygen atoms in total. The second-order valence-corrected chi connectivity index (χ2v) is 6.17. The zero-order valence-corrected chi connectivity index (χ0v) is 15.0. The summed E-state index contributed by atoms with van der Waals surface area (Å²) in [5.74, 6) is -0.560. The molecule has 0 saturated carbocycles. The fourth-order valence-corrected chi connectivity index (χ4v) is 3.00. The SMILES string of the molecule is O=C(Nn1c(-c2ccccc2)nc2ccccc2c1=O)c1ccccc1[N+](=O)[O-]. The Balaban J connectivity index is 1.89. The van der Waals surface area contributed by atoms with Crippen LogP contribution in [0.3, 0.4) is 0 Å². The molecule has 0 aliphatic rings. The van der Waals surface area contributed by atoms with Gasteiger partial charge >= 0.3 is 0 Å². The lowest BCUT2D eigenvalue weighted by molar-refractivity contribution is -0.385. The summed E-state index contributed by atoms with van der Waals surface area (Å²) in [6.45, 7) is 0. The number of hydrogen-bond acceptors (Lipinski definition) is 5. The molecule has 0 atom stereocenters. The van der Waals surface area contributed by atoms with Gasteiger partial charge < -0.3 is 0 Å². The van der Waals surface area contributed by atoms with Gasteiger partial charge in [0, 0.05) is 11.6 Å². The van der Waals surface area contributed by atoms with Crippen LogP contribution < -0.4 is 11.0 Å². The van der Waals surface area contributed by atoms with E-state index in [1.54, 1.807) is 48.5 Å². The normalized spacial score (nSPS) is 10.6. The van der Waals surface area contributed by atoms with E-state index >= 15 is 0 Å². The minimum atomic E-state index is -0.784. The fraction of sp³-hybridized carbons (Fsp3) is 0. The Morgan fingerprint density at radius 2 is 1.59 bits per heavy atom. The Morgan fingerprint density at radius 1 is 0.931 bits per heavy atom. The van der Waals surface area contributed by atoms with E-state index in [1.165, 1.54) is 24.3 Å². The highest BCUT2D eigenvalue weighted by molar-refractivity contribution is 6.03. The lowest BCUT2D eigenvalue weighted by Crippen LogP contribution is -2.35. The number of nitrogens with zero attached hydrogens (tertiary/aromatic N) is 3. The van der Waals surface area contributed by atoms with Crippen LogP contribution in [0, 0.1) is 10.1 Å². The number of nitro benzene ring substituents is 1. The van der Waals surface area contributed by atoms with Gasteiger partial charge in [-0.05, 0) is 18.2 Å². The van der Waals surface area contributed by atoms with E-state index in [9.17, 15) is 19.7 Å². The summed E-state index contributed by atoms with van der Waals surface area (Å²) in [6.07, 6.45) is 0. The van der Waals surface area contributed by atoms with Gasteiger partial charge in [-0.2, -0.15) is 4.68 Å². The van der Waals surface area contributed by atoms with Gasteiger partial charge in [0.1, 0.15) is 5.56 Å². The molecule has 0 fully saturated rings. The number of fused-ring (bicyclic) bond motifs is 1. The van der Waals surface area contributed by atoms with Gasteiger partial charge in [-0.1, -0.05) is 54.6 Å². The number of para-hydroxylation sites is 2. The van der Waals surface area contributed by atoms with Crippen LogP contribution in [0.4, 0.5) is 5.69 Å². The van der Waals surface area contributed by atoms with Crippen LogP contribution in [-0.4, -0.2) is 20.5 Å². The maximum absolute atomic E-state index is 13.1. The number of benzene rings is 3. The number of amides is 1. The van der Waals surface area contributed by atoms with Crippen molar-refractivity contribution in [3.8, 4) is 11.4 Å². The predicted molar refractivity (Wildman–Crippen MR) is 108 cm³/mol. The van der Waals surface area contributed by atoms with Crippen molar-refractivity contribution < 1.29 is 9.72 Å². The Kier molecular flexibility index (Phi) is 4.58. The average molecular weight is 386 g/mol. The van der Waals surface area contributed by atoms with E-state index in [0.29, 0.717) is 16.5 Å². The number of rotatable bonds is 4. The van der Waals surface area contributed by atoms with Crippen molar-refractivity contribution in [3.05, 3.63) is 105 Å². The number of nitrogens with one attached hydrogen (secondary N) is 1. The average Bonchev–Trinajstić information content (AvgIpc) is 2.76. The first-order valence-corrected chi connectivity index (χ1v) is 8.68. The van der Waals surface area contributed by atoms with Gasteiger partial charge in [0.25, 0.3) is 17.2 Å². The van der Waals surface area contributed by atoms with Crippen LogP contribution in [0.2, 0.25) is 0 Å². The lowest BCUT2D eigenvalue weighted by atomic mass is 10.1. The molecule has 3 aromatic carbocycles. The predicted octanol–water partition coefficient (Wildman–Crippen LogP) is 3.36. The van der Waals surface area contributed by atoms with Crippen LogP contribution in [0.15, 0.2) is 83.7 Å². The molecule has 1 N–H and O–H groups in total. The number of aromatic nitrogens is 2. The first-order chi connectivity index (χ1) is 14.1. The molecule has 4 rings (SSSR count). The molecule has 0 radical (unpaired) electrons. The standard InChI is InChI=1S/C21H14N4O4/c26-20(16-11-5-7-13-18(16)25(28)29)23-24-19(14-8-2-1-3-9-14)22-17-12-6-4-10-15(17)21(24)27/h1-13H,(H,23,26). The van der Waals surface area contributed by atoms with E-state index in [2.05, 4.69) is 10.4 Å². The lowest BCUT2D eigenvalue weighted by Gasteiger charge is -2.14. The van der Waals surface area contributed by atoms with Crippen LogP contribution in [0.5, 0.6) is 0 Å². The fourth-order valence-electron chi connectivity index (χ4n) is 3.00. The molecule has 0 unspecified atom stereocenters. The molecule has 1 aromatic heterocycles. The van der Waals surface area contributed by atoms with E-state index in [-0.39, 0.29) is 17.1 Å². The molecular formula is C21H14N4O4. The molecule has 0 saturated heterocycles. The first kappa shape index (κ1) is 18.1. The summed E-state index contributed by atoms with van der Waals surface area (Å²) in [5, 5.41) is 11.6. The minimum Gasteiger partial charge on any atom is -0.267 e. The molecule has 0 aliphatic carbocycles. The molecule has 1 amide bonds. The van der Waals surface area contributed by atoms with Crippen molar-refractivity contribution in [3.63, 3.8) is 0 Å². The van der Waals surface area contributed by atoms with Crippen molar-refractivity contribution in [2.75, 3.05) is 5.43 Å². The summed E-state index contributed by atoms with van der Waals surface area (Å²) < 4.78 is 1.02. The molecule has 8 heteroatoms. The Hall–Kier alpha value is -4.33. The second kappa shape index (κ2) is 7.35. The van der Waals surface area contributed by atoms with Crippen LogP contribution in [0.1, 0.15) is 10.4 Å².